The molecule has 1 saturated heterocycles. The summed E-state index contributed by atoms with van der Waals surface area (Å²) in [6, 6.07) is 11.2. The first-order valence-electron chi connectivity index (χ1n) is 8.42. The molecule has 7 heteroatoms. The van der Waals surface area contributed by atoms with E-state index in [0.717, 1.165) is 16.9 Å². The molecule has 3 rings (SSSR count). The molecule has 134 valence electrons. The number of carbonyl (C=O) groups excluding carboxylic acids is 1. The first-order chi connectivity index (χ1) is 12.5. The van der Waals surface area contributed by atoms with Crippen molar-refractivity contribution in [1.82, 2.24) is 9.88 Å². The topological polar surface area (TPSA) is 79.6 Å². The quantitative estimate of drug-likeness (QED) is 0.480. The Morgan fingerprint density at radius 2 is 1.88 bits per heavy atom. The SMILES string of the molecule is Cc1cc([N+](=O)[O-])cnc1N1CCN(C(=O)/C=C/c2ccccc2)CC1. The normalized spacial score (nSPS) is 14.7. The highest BCUT2D eigenvalue weighted by Gasteiger charge is 2.22. The Labute approximate surface area is 151 Å². The van der Waals surface area contributed by atoms with E-state index in [1.54, 1.807) is 11.0 Å². The molecule has 1 aliphatic heterocycles. The summed E-state index contributed by atoms with van der Waals surface area (Å²) < 4.78 is 0. The second-order valence-electron chi connectivity index (χ2n) is 6.15. The van der Waals surface area contributed by atoms with Gasteiger partial charge in [0.1, 0.15) is 12.0 Å². The van der Waals surface area contributed by atoms with Crippen LogP contribution in [0.3, 0.4) is 0 Å². The van der Waals surface area contributed by atoms with Crippen LogP contribution in [0.25, 0.3) is 6.08 Å². The Morgan fingerprint density at radius 1 is 1.19 bits per heavy atom. The highest BCUT2D eigenvalue weighted by molar-refractivity contribution is 5.91. The highest BCUT2D eigenvalue weighted by atomic mass is 16.6. The van der Waals surface area contributed by atoms with Crippen LogP contribution in [0.15, 0.2) is 48.7 Å². The maximum absolute atomic E-state index is 12.3. The number of hydrogen-bond acceptors (Lipinski definition) is 5. The van der Waals surface area contributed by atoms with Crippen LogP contribution in [0.5, 0.6) is 0 Å². The number of pyridine rings is 1. The van der Waals surface area contributed by atoms with Gasteiger partial charge in [-0.2, -0.15) is 0 Å². The first kappa shape index (κ1) is 17.6. The van der Waals surface area contributed by atoms with Crippen molar-refractivity contribution in [1.29, 1.82) is 0 Å². The lowest BCUT2D eigenvalue weighted by atomic mass is 10.2. The van der Waals surface area contributed by atoms with Crippen molar-refractivity contribution >= 4 is 23.5 Å². The van der Waals surface area contributed by atoms with Crippen LogP contribution < -0.4 is 4.90 Å². The zero-order valence-electron chi connectivity index (χ0n) is 14.5. The largest absolute Gasteiger partial charge is 0.353 e. The molecule has 2 aromatic rings. The highest BCUT2D eigenvalue weighted by Crippen LogP contribution is 2.22. The third kappa shape index (κ3) is 4.05. The minimum atomic E-state index is -0.445. The monoisotopic (exact) mass is 352 g/mol. The maximum Gasteiger partial charge on any atom is 0.287 e. The van der Waals surface area contributed by atoms with Crippen molar-refractivity contribution in [3.63, 3.8) is 0 Å². The van der Waals surface area contributed by atoms with E-state index in [1.807, 2.05) is 43.3 Å². The number of aryl methyl sites for hydroxylation is 1. The van der Waals surface area contributed by atoms with Crippen LogP contribution in [-0.4, -0.2) is 46.9 Å². The van der Waals surface area contributed by atoms with Crippen molar-refractivity contribution < 1.29 is 9.72 Å². The summed E-state index contributed by atoms with van der Waals surface area (Å²) in [6.07, 6.45) is 4.69. The number of anilines is 1. The van der Waals surface area contributed by atoms with Crippen LogP contribution in [-0.2, 0) is 4.79 Å². The molecule has 7 nitrogen and oxygen atoms in total. The van der Waals surface area contributed by atoms with Gasteiger partial charge in [0.25, 0.3) is 5.69 Å². The molecule has 0 unspecified atom stereocenters. The molecule has 1 aromatic carbocycles. The number of carbonyl (C=O) groups is 1. The van der Waals surface area contributed by atoms with Gasteiger partial charge in [-0.05, 0) is 24.1 Å². The number of hydrogen-bond donors (Lipinski definition) is 0. The zero-order chi connectivity index (χ0) is 18.5. The van der Waals surface area contributed by atoms with Gasteiger partial charge in [-0.3, -0.25) is 14.9 Å². The average Bonchev–Trinajstić information content (AvgIpc) is 2.67. The van der Waals surface area contributed by atoms with Crippen LogP contribution >= 0.6 is 0 Å². The standard InChI is InChI=1S/C19H20N4O3/c1-15-13-17(23(25)26)14-20-19(15)22-11-9-21(10-12-22)18(24)8-7-16-5-3-2-4-6-16/h2-8,13-14H,9-12H2,1H3/b8-7+. The lowest BCUT2D eigenvalue weighted by molar-refractivity contribution is -0.385. The second kappa shape index (κ2) is 7.77. The number of rotatable bonds is 4. The molecule has 1 aromatic heterocycles. The molecular weight excluding hydrogens is 332 g/mol. The average molecular weight is 352 g/mol. The van der Waals surface area contributed by atoms with Crippen molar-refractivity contribution in [2.75, 3.05) is 31.1 Å². The first-order valence-corrected chi connectivity index (χ1v) is 8.42. The molecule has 2 heterocycles. The van der Waals surface area contributed by atoms with E-state index in [-0.39, 0.29) is 11.6 Å². The molecule has 26 heavy (non-hydrogen) atoms. The fourth-order valence-corrected chi connectivity index (χ4v) is 2.96. The summed E-state index contributed by atoms with van der Waals surface area (Å²) in [5.74, 6) is 0.726. The van der Waals surface area contributed by atoms with Crippen LogP contribution in [0, 0.1) is 17.0 Å². The third-order valence-electron chi connectivity index (χ3n) is 4.36. The third-order valence-corrected chi connectivity index (χ3v) is 4.36. The summed E-state index contributed by atoms with van der Waals surface area (Å²) in [5.41, 5.74) is 1.75. The lowest BCUT2D eigenvalue weighted by Crippen LogP contribution is -2.48. The van der Waals surface area contributed by atoms with E-state index >= 15 is 0 Å². The van der Waals surface area contributed by atoms with Crippen molar-refractivity contribution in [2.45, 2.75) is 6.92 Å². The van der Waals surface area contributed by atoms with Gasteiger partial charge in [0.05, 0.1) is 4.92 Å². The maximum atomic E-state index is 12.3. The molecule has 1 aliphatic rings. The second-order valence-corrected chi connectivity index (χ2v) is 6.15. The number of nitro groups is 1. The van der Waals surface area contributed by atoms with E-state index in [1.165, 1.54) is 12.3 Å². The number of piperazine rings is 1. The zero-order valence-corrected chi connectivity index (χ0v) is 14.5. The Balaban J connectivity index is 1.60. The number of benzene rings is 1. The van der Waals surface area contributed by atoms with E-state index in [4.69, 9.17) is 0 Å². The smallest absolute Gasteiger partial charge is 0.287 e. The molecule has 0 atom stereocenters. The van der Waals surface area contributed by atoms with Gasteiger partial charge in [-0.25, -0.2) is 4.98 Å². The Morgan fingerprint density at radius 3 is 2.50 bits per heavy atom. The molecule has 1 fully saturated rings. The van der Waals surface area contributed by atoms with Gasteiger partial charge in [-0.1, -0.05) is 30.3 Å². The predicted molar refractivity (Wildman–Crippen MR) is 99.9 cm³/mol. The molecule has 0 spiro atoms. The molecule has 0 saturated carbocycles. The summed E-state index contributed by atoms with van der Waals surface area (Å²) in [4.78, 5) is 30.8. The summed E-state index contributed by atoms with van der Waals surface area (Å²) >= 11 is 0. The molecule has 0 aliphatic carbocycles. The Bertz CT molecular complexity index is 828. The van der Waals surface area contributed by atoms with Gasteiger partial charge in [0.2, 0.25) is 5.91 Å². The van der Waals surface area contributed by atoms with Crippen LogP contribution in [0.2, 0.25) is 0 Å². The minimum Gasteiger partial charge on any atom is -0.353 e. The lowest BCUT2D eigenvalue weighted by Gasteiger charge is -2.35. The summed E-state index contributed by atoms with van der Waals surface area (Å²) in [6.45, 7) is 4.30. The Hall–Kier alpha value is -3.22. The summed E-state index contributed by atoms with van der Waals surface area (Å²) in [5, 5.41) is 10.8. The predicted octanol–water partition coefficient (Wildman–Crippen LogP) is 2.66. The number of aromatic nitrogens is 1. The number of nitrogens with zero attached hydrogens (tertiary/aromatic N) is 4. The molecule has 1 amide bonds. The van der Waals surface area contributed by atoms with E-state index < -0.39 is 4.92 Å². The molecule has 0 bridgehead atoms. The van der Waals surface area contributed by atoms with Gasteiger partial charge >= 0.3 is 0 Å². The van der Waals surface area contributed by atoms with Crippen molar-refractivity contribution in [2.24, 2.45) is 0 Å². The van der Waals surface area contributed by atoms with Gasteiger partial charge < -0.3 is 9.80 Å². The van der Waals surface area contributed by atoms with Gasteiger partial charge in [0, 0.05) is 38.3 Å². The van der Waals surface area contributed by atoms with Crippen LogP contribution in [0.1, 0.15) is 11.1 Å². The van der Waals surface area contributed by atoms with Crippen LogP contribution in [0.4, 0.5) is 11.5 Å². The van der Waals surface area contributed by atoms with Gasteiger partial charge in [0.15, 0.2) is 0 Å². The number of amides is 1. The van der Waals surface area contributed by atoms with Crippen molar-refractivity contribution in [3.05, 3.63) is 69.9 Å². The van der Waals surface area contributed by atoms with Crippen molar-refractivity contribution in [3.8, 4) is 0 Å². The van der Waals surface area contributed by atoms with E-state index in [0.29, 0.717) is 26.2 Å². The molecular formula is C19H20N4O3. The van der Waals surface area contributed by atoms with E-state index in [9.17, 15) is 14.9 Å². The Kier molecular flexibility index (Phi) is 5.26. The minimum absolute atomic E-state index is 0.00823. The van der Waals surface area contributed by atoms with E-state index in [2.05, 4.69) is 9.88 Å². The molecule has 0 N–H and O–H groups in total. The molecule has 0 radical (unpaired) electrons. The van der Waals surface area contributed by atoms with Gasteiger partial charge in [-0.15, -0.1) is 0 Å². The fraction of sp³-hybridized carbons (Fsp3) is 0.263. The fourth-order valence-electron chi connectivity index (χ4n) is 2.96. The summed E-state index contributed by atoms with van der Waals surface area (Å²) in [7, 11) is 0.